The molecule has 0 radical (unpaired) electrons. The molecule has 152 valence electrons. The molecule has 2 N–H and O–H groups in total. The van der Waals surface area contributed by atoms with Gasteiger partial charge in [0.15, 0.2) is 0 Å². The smallest absolute Gasteiger partial charge is 0.416 e. The maximum Gasteiger partial charge on any atom is 0.416 e. The van der Waals surface area contributed by atoms with E-state index in [9.17, 15) is 33.0 Å². The first kappa shape index (κ1) is 20.2. The highest BCUT2D eigenvalue weighted by molar-refractivity contribution is 5.51. The average Bonchev–Trinajstić information content (AvgIpc) is 2.58. The van der Waals surface area contributed by atoms with Gasteiger partial charge in [0.1, 0.15) is 23.0 Å². The van der Waals surface area contributed by atoms with Gasteiger partial charge in [-0.2, -0.15) is 13.2 Å². The fourth-order valence-corrected chi connectivity index (χ4v) is 3.08. The molecule has 2 aromatic heterocycles. The Morgan fingerprint density at radius 1 is 0.828 bits per heavy atom. The molecule has 0 bridgehead atoms. The van der Waals surface area contributed by atoms with E-state index in [1.165, 1.54) is 13.8 Å². The summed E-state index contributed by atoms with van der Waals surface area (Å²) in [7, 11) is 0. The zero-order chi connectivity index (χ0) is 21.5. The first-order valence-corrected chi connectivity index (χ1v) is 8.33. The molecule has 0 aliphatic carbocycles. The quantitative estimate of drug-likeness (QED) is 0.683. The van der Waals surface area contributed by atoms with Gasteiger partial charge in [-0.3, -0.25) is 0 Å². The van der Waals surface area contributed by atoms with E-state index in [0.717, 1.165) is 36.4 Å². The second-order valence-electron chi connectivity index (χ2n) is 6.44. The van der Waals surface area contributed by atoms with E-state index in [2.05, 4.69) is 0 Å². The van der Waals surface area contributed by atoms with Crippen LogP contribution in [-0.4, -0.2) is 10.2 Å². The minimum atomic E-state index is -4.59. The number of aryl methyl sites for hydroxylation is 2. The summed E-state index contributed by atoms with van der Waals surface area (Å²) in [6.07, 6.45) is -4.59. The highest BCUT2D eigenvalue weighted by atomic mass is 19.4. The summed E-state index contributed by atoms with van der Waals surface area (Å²) in [6.45, 7) is 2.82. The maximum atomic E-state index is 12.9. The Balaban J connectivity index is 2.33. The van der Waals surface area contributed by atoms with Gasteiger partial charge in [0, 0.05) is 12.1 Å². The second-order valence-corrected chi connectivity index (χ2v) is 6.44. The zero-order valence-electron chi connectivity index (χ0n) is 15.2. The Kier molecular flexibility index (Phi) is 5.00. The van der Waals surface area contributed by atoms with Gasteiger partial charge in [-0.25, -0.2) is 9.59 Å². The number of hydrogen-bond donors (Lipinski definition) is 2. The van der Waals surface area contributed by atoms with Gasteiger partial charge in [0.25, 0.3) is 0 Å². The van der Waals surface area contributed by atoms with Crippen LogP contribution in [0.25, 0.3) is 0 Å². The normalized spacial score (nSPS) is 11.8. The summed E-state index contributed by atoms with van der Waals surface area (Å²) in [5.41, 5.74) is -3.75. The van der Waals surface area contributed by atoms with Crippen molar-refractivity contribution in [2.24, 2.45) is 0 Å². The minimum absolute atomic E-state index is 0.0379. The Hall–Kier alpha value is -3.49. The van der Waals surface area contributed by atoms with Crippen LogP contribution in [0.15, 0.2) is 54.8 Å². The maximum absolute atomic E-state index is 12.9. The molecule has 9 heteroatoms. The third-order valence-corrected chi connectivity index (χ3v) is 4.33. The first-order chi connectivity index (χ1) is 13.5. The molecule has 0 amide bonds. The van der Waals surface area contributed by atoms with E-state index >= 15 is 0 Å². The SMILES string of the molecule is Cc1cc(O)c(C(c2ccc(C(F)(F)F)cc2)c2c(O)cc(C)oc2=O)c(=O)o1. The minimum Gasteiger partial charge on any atom is -0.507 e. The van der Waals surface area contributed by atoms with Crippen LogP contribution in [0, 0.1) is 13.8 Å². The predicted octanol–water partition coefficient (Wildman–Crippen LogP) is 3.82. The molecule has 0 unspecified atom stereocenters. The average molecular weight is 408 g/mol. The van der Waals surface area contributed by atoms with E-state index in [1.807, 2.05) is 0 Å². The van der Waals surface area contributed by atoms with Crippen molar-refractivity contribution >= 4 is 0 Å². The van der Waals surface area contributed by atoms with Gasteiger partial charge in [0.2, 0.25) is 0 Å². The summed E-state index contributed by atoms with van der Waals surface area (Å²) in [4.78, 5) is 24.9. The van der Waals surface area contributed by atoms with E-state index < -0.39 is 51.5 Å². The number of halogens is 3. The molecule has 0 saturated heterocycles. The first-order valence-electron chi connectivity index (χ1n) is 8.33. The second kappa shape index (κ2) is 7.16. The van der Waals surface area contributed by atoms with Crippen molar-refractivity contribution < 1.29 is 32.2 Å². The van der Waals surface area contributed by atoms with Crippen molar-refractivity contribution in [3.63, 3.8) is 0 Å². The topological polar surface area (TPSA) is 101 Å². The molecule has 0 saturated carbocycles. The van der Waals surface area contributed by atoms with E-state index in [-0.39, 0.29) is 17.1 Å². The number of hydrogen-bond acceptors (Lipinski definition) is 6. The Bertz CT molecular complexity index is 1110. The standard InChI is InChI=1S/C20H15F3O6/c1-9-7-13(24)16(18(26)28-9)15(17-14(25)8-10(2)29-19(17)27)11-3-5-12(6-4-11)20(21,22)23/h3-8,15,24-25H,1-2H3. The molecule has 0 aliphatic heterocycles. The lowest BCUT2D eigenvalue weighted by molar-refractivity contribution is -0.137. The lowest BCUT2D eigenvalue weighted by Crippen LogP contribution is -2.21. The van der Waals surface area contributed by atoms with Crippen molar-refractivity contribution in [3.05, 3.63) is 91.0 Å². The fourth-order valence-electron chi connectivity index (χ4n) is 3.08. The van der Waals surface area contributed by atoms with Crippen LogP contribution in [0.3, 0.4) is 0 Å². The third kappa shape index (κ3) is 3.89. The molecule has 0 spiro atoms. The van der Waals surface area contributed by atoms with Crippen LogP contribution in [0.2, 0.25) is 0 Å². The van der Waals surface area contributed by atoms with Crippen LogP contribution in [-0.2, 0) is 6.18 Å². The zero-order valence-corrected chi connectivity index (χ0v) is 15.2. The molecule has 0 aliphatic rings. The van der Waals surface area contributed by atoms with Crippen LogP contribution in [0.1, 0.15) is 39.7 Å². The molecule has 29 heavy (non-hydrogen) atoms. The third-order valence-electron chi connectivity index (χ3n) is 4.33. The van der Waals surface area contributed by atoms with Crippen molar-refractivity contribution in [2.75, 3.05) is 0 Å². The van der Waals surface area contributed by atoms with Gasteiger partial charge < -0.3 is 19.0 Å². The number of rotatable bonds is 3. The molecule has 3 rings (SSSR count). The summed E-state index contributed by atoms with van der Waals surface area (Å²) in [6, 6.07) is 5.88. The van der Waals surface area contributed by atoms with Crippen molar-refractivity contribution in [2.45, 2.75) is 25.9 Å². The van der Waals surface area contributed by atoms with E-state index in [4.69, 9.17) is 8.83 Å². The van der Waals surface area contributed by atoms with Crippen molar-refractivity contribution in [3.8, 4) is 11.5 Å². The summed E-state index contributed by atoms with van der Waals surface area (Å²) >= 11 is 0. The Morgan fingerprint density at radius 2 is 1.24 bits per heavy atom. The molecule has 3 aromatic rings. The molecule has 0 fully saturated rings. The van der Waals surface area contributed by atoms with Gasteiger partial charge in [-0.15, -0.1) is 0 Å². The van der Waals surface area contributed by atoms with Gasteiger partial charge >= 0.3 is 17.4 Å². The summed E-state index contributed by atoms with van der Waals surface area (Å²) in [5.74, 6) is -2.33. The highest BCUT2D eigenvalue weighted by Gasteiger charge is 2.33. The molecular weight excluding hydrogens is 393 g/mol. The van der Waals surface area contributed by atoms with Crippen LogP contribution < -0.4 is 11.3 Å². The molecule has 1 aromatic carbocycles. The lowest BCUT2D eigenvalue weighted by atomic mass is 9.85. The van der Waals surface area contributed by atoms with E-state index in [1.54, 1.807) is 0 Å². The molecule has 0 atom stereocenters. The van der Waals surface area contributed by atoms with Crippen molar-refractivity contribution in [1.29, 1.82) is 0 Å². The summed E-state index contributed by atoms with van der Waals surface area (Å²) < 4.78 is 48.7. The summed E-state index contributed by atoms with van der Waals surface area (Å²) in [5, 5.41) is 20.7. The van der Waals surface area contributed by atoms with Crippen LogP contribution >= 0.6 is 0 Å². The number of alkyl halides is 3. The monoisotopic (exact) mass is 408 g/mol. The fraction of sp³-hybridized carbons (Fsp3) is 0.200. The number of benzene rings is 1. The van der Waals surface area contributed by atoms with Gasteiger partial charge in [-0.1, -0.05) is 12.1 Å². The Labute approximate surface area is 161 Å². The van der Waals surface area contributed by atoms with Crippen molar-refractivity contribution in [1.82, 2.24) is 0 Å². The number of aromatic hydroxyl groups is 2. The van der Waals surface area contributed by atoms with Gasteiger partial charge in [-0.05, 0) is 31.5 Å². The molecular formula is C20H15F3O6. The van der Waals surface area contributed by atoms with Gasteiger partial charge in [0.05, 0.1) is 22.6 Å². The van der Waals surface area contributed by atoms with Crippen LogP contribution in [0.5, 0.6) is 11.5 Å². The molecule has 6 nitrogen and oxygen atoms in total. The lowest BCUT2D eigenvalue weighted by Gasteiger charge is -2.19. The largest absolute Gasteiger partial charge is 0.507 e. The predicted molar refractivity (Wildman–Crippen MR) is 95.1 cm³/mol. The van der Waals surface area contributed by atoms with E-state index in [0.29, 0.717) is 0 Å². The van der Waals surface area contributed by atoms with Crippen LogP contribution in [0.4, 0.5) is 13.2 Å². The highest BCUT2D eigenvalue weighted by Crippen LogP contribution is 2.38. The Morgan fingerprint density at radius 3 is 1.59 bits per heavy atom. The molecule has 2 heterocycles.